The Balaban J connectivity index is 1.18. The second-order valence-electron chi connectivity index (χ2n) is 10.6. The Morgan fingerprint density at radius 1 is 1.07 bits per heavy atom. The first-order valence-corrected chi connectivity index (χ1v) is 18.6. The minimum atomic E-state index is -4.32. The number of amides is 1. The van der Waals surface area contributed by atoms with E-state index in [1.165, 1.54) is 28.5 Å². The summed E-state index contributed by atoms with van der Waals surface area (Å²) < 4.78 is 49.5. The minimum absolute atomic E-state index is 0.0855. The molecule has 45 heavy (non-hydrogen) atoms. The number of rotatable bonds is 2. The van der Waals surface area contributed by atoms with Crippen LogP contribution in [0.2, 0.25) is 0 Å². The van der Waals surface area contributed by atoms with Gasteiger partial charge in [-0.15, -0.1) is 0 Å². The number of nitrogens with zero attached hydrogens (tertiary/aromatic N) is 6. The molecule has 2 aromatic heterocycles. The Morgan fingerprint density at radius 3 is 2.51 bits per heavy atom. The summed E-state index contributed by atoms with van der Waals surface area (Å²) in [7, 11) is 0. The van der Waals surface area contributed by atoms with E-state index in [9.17, 15) is 24.5 Å². The molecule has 4 saturated heterocycles. The number of aliphatic imine (C=N–C) groups is 1. The molecule has 5 aliphatic heterocycles. The maximum absolute atomic E-state index is 13.5. The molecule has 5 aliphatic rings. The van der Waals surface area contributed by atoms with Crippen LogP contribution in [0.4, 0.5) is 5.82 Å². The fraction of sp³-hybridized carbons (Fsp3) is 0.650. The number of hydrogen-bond donors (Lipinski definition) is 8. The van der Waals surface area contributed by atoms with Gasteiger partial charge in [0.15, 0.2) is 30.0 Å². The lowest BCUT2D eigenvalue weighted by Gasteiger charge is -2.39. The Labute approximate surface area is 263 Å². The van der Waals surface area contributed by atoms with Gasteiger partial charge in [0.2, 0.25) is 0 Å². The zero-order valence-electron chi connectivity index (χ0n) is 22.7. The quantitative estimate of drug-likeness (QED) is 0.113. The summed E-state index contributed by atoms with van der Waals surface area (Å²) in [4.78, 5) is 41.4. The van der Waals surface area contributed by atoms with Crippen molar-refractivity contribution in [2.45, 2.75) is 67.6 Å². The lowest BCUT2D eigenvalue weighted by molar-refractivity contribution is -0.130. The van der Waals surface area contributed by atoms with Crippen molar-refractivity contribution in [3.8, 4) is 0 Å². The molecule has 25 heteroatoms. The average molecular weight is 711 g/mol. The average Bonchev–Trinajstić information content (AvgIpc) is 3.72. The Kier molecular flexibility index (Phi) is 8.20. The Morgan fingerprint density at radius 2 is 1.76 bits per heavy atom. The molecule has 0 radical (unpaired) electrons. The van der Waals surface area contributed by atoms with E-state index < -0.39 is 100 Å². The third-order valence-corrected chi connectivity index (χ3v) is 11.0. The number of carbonyl (C=O) groups excluding carboxylic acids is 1. The SMILES string of the molecule is Nc1ncnc2c1ncn2[C@@H]1O[C@@H]2COP(O)(=S)O[C@H]3C(O)[C@@H](COP(=O)(S)O[C@H]1C2O)O[C@H]3N1C=NC2C(=O)NC(N)NC21. The molecule has 2 aromatic rings. The molecule has 0 aromatic carbocycles. The van der Waals surface area contributed by atoms with E-state index in [4.69, 9.17) is 50.8 Å². The number of nitrogens with two attached hydrogens (primary N) is 2. The highest BCUT2D eigenvalue weighted by molar-refractivity contribution is 8.44. The first-order valence-electron chi connectivity index (χ1n) is 13.4. The smallest absolute Gasteiger partial charge is 0.386 e. The first kappa shape index (κ1) is 31.7. The Bertz CT molecular complexity index is 1620. The number of nitrogen functional groups attached to an aromatic ring is 1. The predicted octanol–water partition coefficient (Wildman–Crippen LogP) is -3.18. The maximum atomic E-state index is 13.5. The number of thiol groups is 1. The molecular formula is C20H28N10O11P2S2. The molecule has 4 fully saturated rings. The summed E-state index contributed by atoms with van der Waals surface area (Å²) in [5.74, 6) is -0.364. The highest BCUT2D eigenvalue weighted by atomic mass is 32.7. The number of hydrogen-bond acceptors (Lipinski definition) is 19. The molecule has 13 atom stereocenters. The zero-order valence-corrected chi connectivity index (χ0v) is 26.2. The number of aliphatic hydroxyl groups excluding tert-OH is 2. The highest BCUT2D eigenvalue weighted by Gasteiger charge is 2.55. The summed E-state index contributed by atoms with van der Waals surface area (Å²) in [6.07, 6.45) is -8.66. The van der Waals surface area contributed by atoms with Crippen LogP contribution >= 0.6 is 25.8 Å². The summed E-state index contributed by atoms with van der Waals surface area (Å²) in [6.45, 7) is -9.61. The molecule has 21 nitrogen and oxygen atoms in total. The number of imidazole rings is 1. The summed E-state index contributed by atoms with van der Waals surface area (Å²) in [5.41, 5.74) is 12.2. The van der Waals surface area contributed by atoms with Gasteiger partial charge < -0.3 is 45.1 Å². The van der Waals surface area contributed by atoms with Crippen molar-refractivity contribution < 1.29 is 52.0 Å². The van der Waals surface area contributed by atoms with Crippen molar-refractivity contribution >= 4 is 66.8 Å². The highest BCUT2D eigenvalue weighted by Crippen LogP contribution is 2.58. The molecule has 7 unspecified atom stereocenters. The zero-order chi connectivity index (χ0) is 31.8. The van der Waals surface area contributed by atoms with Crippen LogP contribution in [-0.4, -0.2) is 126 Å². The Hall–Kier alpha value is -1.92. The molecule has 7 rings (SSSR count). The van der Waals surface area contributed by atoms with Gasteiger partial charge in [0, 0.05) is 0 Å². The molecule has 0 aliphatic carbocycles. The van der Waals surface area contributed by atoms with Crippen molar-refractivity contribution in [3.63, 3.8) is 0 Å². The molecule has 0 saturated carbocycles. The van der Waals surface area contributed by atoms with Gasteiger partial charge in [0.05, 0.1) is 25.9 Å². The second-order valence-corrected chi connectivity index (χ2v) is 16.3. The van der Waals surface area contributed by atoms with Crippen LogP contribution in [0.1, 0.15) is 6.23 Å². The van der Waals surface area contributed by atoms with Gasteiger partial charge in [0.25, 0.3) is 5.91 Å². The third-order valence-electron chi connectivity index (χ3n) is 7.79. The topological polar surface area (TPSA) is 286 Å². The van der Waals surface area contributed by atoms with E-state index >= 15 is 0 Å². The van der Waals surface area contributed by atoms with E-state index in [2.05, 4.69) is 42.8 Å². The van der Waals surface area contributed by atoms with Crippen molar-refractivity contribution in [2.24, 2.45) is 10.7 Å². The number of fused-ring (bicyclic) bond motifs is 6. The number of aromatic nitrogens is 4. The number of nitrogens with one attached hydrogen (secondary N) is 2. The molecule has 0 spiro atoms. The van der Waals surface area contributed by atoms with E-state index in [0.29, 0.717) is 0 Å². The van der Waals surface area contributed by atoms with Crippen LogP contribution in [0.25, 0.3) is 11.2 Å². The second kappa shape index (κ2) is 11.6. The standard InChI is InChI=1S/C20H28N10O11P2S2/c21-14-8-15(24-3-23-14)29(4-25-8)18-12-10(31)6(38-18)1-36-43(35,45)41-13-11(32)7(2-37-42(34,44)40-12)39-19(13)30-5-26-9-16(30)27-20(22)28-17(9)33/h3-7,9-13,16,18-20,27,31-32H,1-2,22H2,(H,28,33)(H,34,44)(H,35,45)(H2,21,23,24)/t6-,7-,9?,10?,11?,12+,13+,16?,18-,19-,20?,42?,43?/m1/s1. The monoisotopic (exact) mass is 710 g/mol. The van der Waals surface area contributed by atoms with Gasteiger partial charge in [-0.2, -0.15) is 0 Å². The summed E-state index contributed by atoms with van der Waals surface area (Å²) in [6, 6.07) is -0.909. The van der Waals surface area contributed by atoms with E-state index in [0.717, 1.165) is 0 Å². The van der Waals surface area contributed by atoms with Gasteiger partial charge >= 0.3 is 13.5 Å². The molecule has 246 valence electrons. The molecule has 7 heterocycles. The van der Waals surface area contributed by atoms with E-state index in [1.807, 2.05) is 0 Å². The predicted molar refractivity (Wildman–Crippen MR) is 156 cm³/mol. The third kappa shape index (κ3) is 5.79. The van der Waals surface area contributed by atoms with Gasteiger partial charge in [-0.25, -0.2) is 19.5 Å². The number of aliphatic hydroxyl groups is 2. The van der Waals surface area contributed by atoms with Gasteiger partial charge in [-0.05, 0) is 11.8 Å². The summed E-state index contributed by atoms with van der Waals surface area (Å²) in [5, 5.41) is 27.9. The fourth-order valence-electron chi connectivity index (χ4n) is 5.70. The van der Waals surface area contributed by atoms with Gasteiger partial charge in [-0.1, -0.05) is 12.2 Å². The van der Waals surface area contributed by atoms with Crippen molar-refractivity contribution in [2.75, 3.05) is 18.9 Å². The molecule has 4 bridgehead atoms. The van der Waals surface area contributed by atoms with Gasteiger partial charge in [-0.3, -0.25) is 39.0 Å². The number of ether oxygens (including phenoxy) is 2. The normalized spacial score (nSPS) is 45.4. The van der Waals surface area contributed by atoms with Crippen LogP contribution in [0, 0.1) is 0 Å². The lowest BCUT2D eigenvalue weighted by atomic mass is 10.1. The van der Waals surface area contributed by atoms with Gasteiger partial charge in [0.1, 0.15) is 60.9 Å². The van der Waals surface area contributed by atoms with E-state index in [-0.39, 0.29) is 17.0 Å². The fourth-order valence-corrected chi connectivity index (χ4v) is 8.58. The molecule has 1 amide bonds. The van der Waals surface area contributed by atoms with Crippen molar-refractivity contribution in [1.82, 2.24) is 35.1 Å². The summed E-state index contributed by atoms with van der Waals surface area (Å²) >= 11 is 9.35. The van der Waals surface area contributed by atoms with Crippen LogP contribution in [-0.2, 0) is 48.7 Å². The van der Waals surface area contributed by atoms with Crippen LogP contribution < -0.4 is 22.1 Å². The van der Waals surface area contributed by atoms with Crippen molar-refractivity contribution in [3.05, 3.63) is 12.7 Å². The number of anilines is 1. The van der Waals surface area contributed by atoms with Crippen LogP contribution in [0.15, 0.2) is 17.6 Å². The maximum Gasteiger partial charge on any atom is 0.386 e. The minimum Gasteiger partial charge on any atom is -0.387 e. The van der Waals surface area contributed by atoms with Crippen molar-refractivity contribution in [1.29, 1.82) is 0 Å². The lowest BCUT2D eigenvalue weighted by Crippen LogP contribution is -2.70. The molecule has 9 N–H and O–H groups in total. The number of carbonyl (C=O) groups is 1. The largest absolute Gasteiger partial charge is 0.387 e. The molecular weight excluding hydrogens is 682 g/mol. The van der Waals surface area contributed by atoms with Crippen LogP contribution in [0.5, 0.6) is 0 Å². The van der Waals surface area contributed by atoms with E-state index in [1.54, 1.807) is 0 Å². The van der Waals surface area contributed by atoms with Crippen LogP contribution in [0.3, 0.4) is 0 Å². The first-order chi connectivity index (χ1) is 21.3.